The molecule has 6 heteroatoms. The molecule has 0 saturated carbocycles. The number of methoxy groups -OCH3 is 2. The molecule has 0 fully saturated rings. The Hall–Kier alpha value is -1.27. The van der Waals surface area contributed by atoms with Gasteiger partial charge in [-0.3, -0.25) is 0 Å². The highest BCUT2D eigenvalue weighted by Crippen LogP contribution is 2.27. The van der Waals surface area contributed by atoms with Crippen molar-refractivity contribution in [3.05, 3.63) is 23.8 Å². The predicted octanol–water partition coefficient (Wildman–Crippen LogP) is 0.753. The van der Waals surface area contributed by atoms with Gasteiger partial charge in [0.15, 0.2) is 11.5 Å². The predicted molar refractivity (Wildman–Crippen MR) is 61.2 cm³/mol. The van der Waals surface area contributed by atoms with E-state index in [1.807, 2.05) is 0 Å². The van der Waals surface area contributed by atoms with E-state index in [1.165, 1.54) is 7.11 Å². The number of rotatable bonds is 5. The summed E-state index contributed by atoms with van der Waals surface area (Å²) in [6.07, 6.45) is 1.12. The van der Waals surface area contributed by atoms with Crippen LogP contribution in [-0.4, -0.2) is 28.9 Å². The van der Waals surface area contributed by atoms with E-state index in [0.717, 1.165) is 11.8 Å². The molecule has 0 atom stereocenters. The average molecular weight is 245 g/mol. The van der Waals surface area contributed by atoms with E-state index in [1.54, 1.807) is 25.3 Å². The summed E-state index contributed by atoms with van der Waals surface area (Å²) in [7, 11) is -0.0984. The van der Waals surface area contributed by atoms with E-state index in [2.05, 4.69) is 4.72 Å². The highest BCUT2D eigenvalue weighted by molar-refractivity contribution is 7.88. The quantitative estimate of drug-likeness (QED) is 0.831. The molecule has 1 aromatic rings. The van der Waals surface area contributed by atoms with Crippen LogP contribution >= 0.6 is 0 Å². The van der Waals surface area contributed by atoms with Crippen LogP contribution in [0.3, 0.4) is 0 Å². The van der Waals surface area contributed by atoms with Crippen molar-refractivity contribution < 1.29 is 17.9 Å². The number of benzene rings is 1. The molecular weight excluding hydrogens is 230 g/mol. The van der Waals surface area contributed by atoms with Crippen LogP contribution in [-0.2, 0) is 16.6 Å². The minimum absolute atomic E-state index is 0.235. The first kappa shape index (κ1) is 12.8. The molecule has 0 spiro atoms. The normalized spacial score (nSPS) is 11.2. The molecule has 0 radical (unpaired) electrons. The molecule has 1 aromatic carbocycles. The van der Waals surface area contributed by atoms with Crippen LogP contribution in [0.15, 0.2) is 18.2 Å². The van der Waals surface area contributed by atoms with E-state index >= 15 is 0 Å². The monoisotopic (exact) mass is 245 g/mol. The summed E-state index contributed by atoms with van der Waals surface area (Å²) in [5.41, 5.74) is 0.808. The van der Waals surface area contributed by atoms with Gasteiger partial charge in [0, 0.05) is 6.54 Å². The smallest absolute Gasteiger partial charge is 0.209 e. The lowest BCUT2D eigenvalue weighted by Gasteiger charge is -2.09. The molecule has 0 unspecified atom stereocenters. The van der Waals surface area contributed by atoms with E-state index in [4.69, 9.17) is 9.47 Å². The highest BCUT2D eigenvalue weighted by atomic mass is 32.2. The van der Waals surface area contributed by atoms with Crippen molar-refractivity contribution in [3.63, 3.8) is 0 Å². The van der Waals surface area contributed by atoms with Gasteiger partial charge in [-0.25, -0.2) is 13.1 Å². The summed E-state index contributed by atoms with van der Waals surface area (Å²) in [4.78, 5) is 0. The topological polar surface area (TPSA) is 64.6 Å². The maximum atomic E-state index is 10.9. The zero-order valence-electron chi connectivity index (χ0n) is 9.48. The maximum absolute atomic E-state index is 10.9. The van der Waals surface area contributed by atoms with Crippen LogP contribution in [0.2, 0.25) is 0 Å². The molecule has 0 aliphatic rings. The maximum Gasteiger partial charge on any atom is 0.209 e. The van der Waals surface area contributed by atoms with Crippen molar-refractivity contribution in [2.75, 3.05) is 20.5 Å². The summed E-state index contributed by atoms with van der Waals surface area (Å²) < 4.78 is 34.4. The van der Waals surface area contributed by atoms with Gasteiger partial charge in [-0.05, 0) is 17.7 Å². The van der Waals surface area contributed by atoms with Gasteiger partial charge in [-0.1, -0.05) is 6.07 Å². The van der Waals surface area contributed by atoms with E-state index < -0.39 is 10.0 Å². The standard InChI is InChI=1S/C10H15NO4S/c1-14-9-5-4-8(6-10(9)15-2)7-11-16(3,12)13/h4-6,11H,7H2,1-3H3. The van der Waals surface area contributed by atoms with Gasteiger partial charge in [0.1, 0.15) is 0 Å². The fraction of sp³-hybridized carbons (Fsp3) is 0.400. The highest BCUT2D eigenvalue weighted by Gasteiger charge is 2.06. The van der Waals surface area contributed by atoms with Crippen molar-refractivity contribution in [3.8, 4) is 11.5 Å². The van der Waals surface area contributed by atoms with Crippen LogP contribution < -0.4 is 14.2 Å². The Morgan fingerprint density at radius 2 is 1.81 bits per heavy atom. The first-order valence-corrected chi connectivity index (χ1v) is 6.51. The van der Waals surface area contributed by atoms with Crippen molar-refractivity contribution in [2.24, 2.45) is 0 Å². The first-order chi connectivity index (χ1) is 7.46. The molecule has 0 aliphatic heterocycles. The molecule has 5 nitrogen and oxygen atoms in total. The summed E-state index contributed by atoms with van der Waals surface area (Å²) in [6, 6.07) is 5.24. The Morgan fingerprint density at radius 3 is 2.31 bits per heavy atom. The summed E-state index contributed by atoms with van der Waals surface area (Å²) in [6.45, 7) is 0.235. The van der Waals surface area contributed by atoms with Gasteiger partial charge in [0.2, 0.25) is 10.0 Å². The van der Waals surface area contributed by atoms with Crippen LogP contribution in [0.5, 0.6) is 11.5 Å². The van der Waals surface area contributed by atoms with Gasteiger partial charge < -0.3 is 9.47 Å². The molecule has 1 N–H and O–H groups in total. The van der Waals surface area contributed by atoms with Gasteiger partial charge in [0.05, 0.1) is 20.5 Å². The molecule has 0 aliphatic carbocycles. The Kier molecular flexibility index (Phi) is 4.14. The van der Waals surface area contributed by atoms with Crippen LogP contribution in [0.25, 0.3) is 0 Å². The van der Waals surface area contributed by atoms with Crippen LogP contribution in [0.4, 0.5) is 0 Å². The zero-order valence-corrected chi connectivity index (χ0v) is 10.3. The van der Waals surface area contributed by atoms with E-state index in [-0.39, 0.29) is 6.54 Å². The Labute approximate surface area is 95.4 Å². The van der Waals surface area contributed by atoms with Gasteiger partial charge in [0.25, 0.3) is 0 Å². The van der Waals surface area contributed by atoms with E-state index in [0.29, 0.717) is 11.5 Å². The largest absolute Gasteiger partial charge is 0.493 e. The SMILES string of the molecule is COc1ccc(CNS(C)(=O)=O)cc1OC. The third-order valence-electron chi connectivity index (χ3n) is 1.99. The van der Waals surface area contributed by atoms with Crippen molar-refractivity contribution >= 4 is 10.0 Å². The molecule has 1 rings (SSSR count). The minimum Gasteiger partial charge on any atom is -0.493 e. The molecular formula is C10H15NO4S. The van der Waals surface area contributed by atoms with Gasteiger partial charge in [-0.2, -0.15) is 0 Å². The second kappa shape index (κ2) is 5.18. The number of ether oxygens (including phenoxy) is 2. The molecule has 16 heavy (non-hydrogen) atoms. The van der Waals surface area contributed by atoms with Gasteiger partial charge in [-0.15, -0.1) is 0 Å². The average Bonchev–Trinajstić information content (AvgIpc) is 2.25. The molecule has 0 aromatic heterocycles. The van der Waals surface area contributed by atoms with Crippen molar-refractivity contribution in [2.45, 2.75) is 6.54 Å². The number of hydrogen-bond donors (Lipinski definition) is 1. The van der Waals surface area contributed by atoms with Crippen molar-refractivity contribution in [1.82, 2.24) is 4.72 Å². The molecule has 0 bridgehead atoms. The minimum atomic E-state index is -3.18. The second-order valence-corrected chi connectivity index (χ2v) is 5.12. The summed E-state index contributed by atoms with van der Waals surface area (Å²) >= 11 is 0. The third kappa shape index (κ3) is 3.71. The van der Waals surface area contributed by atoms with Gasteiger partial charge >= 0.3 is 0 Å². The number of nitrogens with one attached hydrogen (secondary N) is 1. The third-order valence-corrected chi connectivity index (χ3v) is 2.66. The summed E-state index contributed by atoms with van der Waals surface area (Å²) in [5.74, 6) is 1.20. The van der Waals surface area contributed by atoms with Crippen LogP contribution in [0, 0.1) is 0 Å². The molecule has 0 heterocycles. The Bertz CT molecular complexity index is 456. The second-order valence-electron chi connectivity index (χ2n) is 3.28. The number of sulfonamides is 1. The number of hydrogen-bond acceptors (Lipinski definition) is 4. The van der Waals surface area contributed by atoms with E-state index in [9.17, 15) is 8.42 Å². The van der Waals surface area contributed by atoms with Crippen molar-refractivity contribution in [1.29, 1.82) is 0 Å². The lowest BCUT2D eigenvalue weighted by atomic mass is 10.2. The zero-order chi connectivity index (χ0) is 12.2. The molecule has 90 valence electrons. The molecule has 0 amide bonds. The fourth-order valence-corrected chi connectivity index (χ4v) is 1.63. The lowest BCUT2D eigenvalue weighted by molar-refractivity contribution is 0.354. The van der Waals surface area contributed by atoms with Crippen LogP contribution in [0.1, 0.15) is 5.56 Å². The lowest BCUT2D eigenvalue weighted by Crippen LogP contribution is -2.21. The summed E-state index contributed by atoms with van der Waals surface area (Å²) in [5, 5.41) is 0. The molecule has 0 saturated heterocycles. The first-order valence-electron chi connectivity index (χ1n) is 4.62. The Balaban J connectivity index is 2.83. The Morgan fingerprint density at radius 1 is 1.19 bits per heavy atom. The fourth-order valence-electron chi connectivity index (χ4n) is 1.21.